The van der Waals surface area contributed by atoms with Crippen molar-refractivity contribution in [2.45, 2.75) is 57.8 Å². The molecule has 0 bridgehead atoms. The van der Waals surface area contributed by atoms with E-state index in [1.54, 1.807) is 0 Å². The predicted octanol–water partition coefficient (Wildman–Crippen LogP) is 14.5. The van der Waals surface area contributed by atoms with Gasteiger partial charge in [0.05, 0.1) is 11.4 Å². The standard InChI is InChI=1S/C63H54BN3/c1-61(2,43-23-11-7-12-24-43)45-27-21-32-49(39-45)66-56-40-46(62(3,4)44-25-13-8-14-26-44)37-38-53(56)64-54-35-22-34-52-60(54)67(55-36-20-19-33-51(55)63(52,5)6)58-42-50(41-57(66)59(58)64)65(47-28-15-9-16-29-47)48-30-17-10-18-31-48/h7-42H,1-6H3. The first-order valence-electron chi connectivity index (χ1n) is 23.8. The highest BCUT2D eigenvalue weighted by atomic mass is 15.2. The fourth-order valence-electron chi connectivity index (χ4n) is 11.6. The average molecular weight is 864 g/mol. The molecule has 4 heteroatoms. The Bertz CT molecular complexity index is 3300. The zero-order valence-electron chi connectivity index (χ0n) is 39.2. The van der Waals surface area contributed by atoms with Crippen LogP contribution in [0, 0.1) is 0 Å². The molecule has 9 aromatic carbocycles. The lowest BCUT2D eigenvalue weighted by Crippen LogP contribution is -2.62. The molecule has 0 saturated heterocycles. The molecule has 0 fully saturated rings. The lowest BCUT2D eigenvalue weighted by atomic mass is 9.33. The summed E-state index contributed by atoms with van der Waals surface area (Å²) in [7, 11) is 0. The van der Waals surface area contributed by atoms with E-state index in [-0.39, 0.29) is 23.0 Å². The number of hydrogen-bond acceptors (Lipinski definition) is 3. The van der Waals surface area contributed by atoms with Crippen molar-refractivity contribution in [2.24, 2.45) is 0 Å². The summed E-state index contributed by atoms with van der Waals surface area (Å²) in [5, 5.41) is 0. The minimum Gasteiger partial charge on any atom is -0.311 e. The van der Waals surface area contributed by atoms with Gasteiger partial charge in [-0.25, -0.2) is 0 Å². The van der Waals surface area contributed by atoms with Gasteiger partial charge in [-0.1, -0.05) is 199 Å². The van der Waals surface area contributed by atoms with Crippen LogP contribution in [-0.4, -0.2) is 6.71 Å². The minimum atomic E-state index is -0.257. The van der Waals surface area contributed by atoms with Crippen LogP contribution in [0.15, 0.2) is 218 Å². The molecule has 3 nitrogen and oxygen atoms in total. The summed E-state index contributed by atoms with van der Waals surface area (Å²) in [6.07, 6.45) is 0. The van der Waals surface area contributed by atoms with Gasteiger partial charge in [0.25, 0.3) is 6.71 Å². The number of para-hydroxylation sites is 4. The van der Waals surface area contributed by atoms with Crippen LogP contribution < -0.4 is 31.1 Å². The predicted molar refractivity (Wildman–Crippen MR) is 284 cm³/mol. The van der Waals surface area contributed by atoms with E-state index in [0.29, 0.717) is 0 Å². The summed E-state index contributed by atoms with van der Waals surface area (Å²) < 4.78 is 0. The van der Waals surface area contributed by atoms with Gasteiger partial charge in [0, 0.05) is 56.1 Å². The Balaban J connectivity index is 1.20. The molecule has 3 aliphatic rings. The van der Waals surface area contributed by atoms with E-state index in [2.05, 4.69) is 275 Å². The maximum Gasteiger partial charge on any atom is 0.252 e. The van der Waals surface area contributed by atoms with Gasteiger partial charge in [-0.2, -0.15) is 0 Å². The first-order chi connectivity index (χ1) is 32.5. The van der Waals surface area contributed by atoms with Crippen molar-refractivity contribution < 1.29 is 0 Å². The molecule has 0 aliphatic carbocycles. The van der Waals surface area contributed by atoms with Crippen LogP contribution in [-0.2, 0) is 16.2 Å². The molecule has 67 heavy (non-hydrogen) atoms. The number of fused-ring (bicyclic) bond motifs is 6. The van der Waals surface area contributed by atoms with Gasteiger partial charge in [-0.05, 0) is 110 Å². The van der Waals surface area contributed by atoms with Crippen LogP contribution in [0.25, 0.3) is 0 Å². The molecule has 0 amide bonds. The third-order valence-electron chi connectivity index (χ3n) is 15.4. The van der Waals surface area contributed by atoms with Crippen LogP contribution >= 0.6 is 0 Å². The maximum absolute atomic E-state index is 2.61. The molecule has 0 spiro atoms. The smallest absolute Gasteiger partial charge is 0.252 e. The van der Waals surface area contributed by atoms with E-state index in [9.17, 15) is 0 Å². The fraction of sp³-hybridized carbons (Fsp3) is 0.143. The van der Waals surface area contributed by atoms with Gasteiger partial charge in [0.1, 0.15) is 0 Å². The second-order valence-corrected chi connectivity index (χ2v) is 20.2. The first kappa shape index (κ1) is 40.9. The van der Waals surface area contributed by atoms with Crippen molar-refractivity contribution in [2.75, 3.05) is 14.7 Å². The summed E-state index contributed by atoms with van der Waals surface area (Å²) >= 11 is 0. The van der Waals surface area contributed by atoms with E-state index in [1.807, 2.05) is 0 Å². The Morgan fingerprint density at radius 1 is 0.388 bits per heavy atom. The maximum atomic E-state index is 2.61. The van der Waals surface area contributed by atoms with Crippen LogP contribution in [0.5, 0.6) is 0 Å². The lowest BCUT2D eigenvalue weighted by molar-refractivity contribution is 0.632. The largest absolute Gasteiger partial charge is 0.311 e. The molecule has 12 rings (SSSR count). The molecule has 3 aliphatic heterocycles. The first-order valence-corrected chi connectivity index (χ1v) is 23.8. The van der Waals surface area contributed by atoms with Crippen LogP contribution in [0.4, 0.5) is 51.2 Å². The molecule has 0 saturated carbocycles. The fourth-order valence-corrected chi connectivity index (χ4v) is 11.6. The molecule has 0 radical (unpaired) electrons. The van der Waals surface area contributed by atoms with Gasteiger partial charge in [-0.15, -0.1) is 0 Å². The van der Waals surface area contributed by atoms with Crippen molar-refractivity contribution in [3.05, 3.63) is 252 Å². The number of rotatable bonds is 8. The highest BCUT2D eigenvalue weighted by Gasteiger charge is 2.49. The Hall–Kier alpha value is -7.56. The summed E-state index contributed by atoms with van der Waals surface area (Å²) in [6, 6.07) is 81.5. The monoisotopic (exact) mass is 863 g/mol. The molecule has 0 aromatic heterocycles. The topological polar surface area (TPSA) is 9.72 Å². The molecule has 324 valence electrons. The van der Waals surface area contributed by atoms with Crippen LogP contribution in [0.3, 0.4) is 0 Å². The van der Waals surface area contributed by atoms with E-state index < -0.39 is 0 Å². The number of nitrogens with zero attached hydrogens (tertiary/aromatic N) is 3. The lowest BCUT2D eigenvalue weighted by Gasteiger charge is -2.50. The van der Waals surface area contributed by atoms with E-state index in [0.717, 1.165) is 22.7 Å². The number of benzene rings is 9. The second-order valence-electron chi connectivity index (χ2n) is 20.2. The van der Waals surface area contributed by atoms with Gasteiger partial charge in [-0.3, -0.25) is 0 Å². The summed E-state index contributed by atoms with van der Waals surface area (Å²) in [6.45, 7) is 14.2. The zero-order chi connectivity index (χ0) is 45.7. The number of anilines is 9. The quantitative estimate of drug-likeness (QED) is 0.141. The van der Waals surface area contributed by atoms with E-state index in [1.165, 1.54) is 78.2 Å². The van der Waals surface area contributed by atoms with Gasteiger partial charge < -0.3 is 14.7 Å². The Kier molecular flexibility index (Phi) is 9.32. The van der Waals surface area contributed by atoms with Gasteiger partial charge in [0.15, 0.2) is 0 Å². The van der Waals surface area contributed by atoms with Crippen LogP contribution in [0.2, 0.25) is 0 Å². The molecule has 3 heterocycles. The minimum absolute atomic E-state index is 0.0164. The van der Waals surface area contributed by atoms with Crippen molar-refractivity contribution in [3.63, 3.8) is 0 Å². The summed E-state index contributed by atoms with van der Waals surface area (Å²) in [5.41, 5.74) is 21.7. The molecule has 9 aromatic rings. The second kappa shape index (κ2) is 15.3. The van der Waals surface area contributed by atoms with Crippen molar-refractivity contribution in [3.8, 4) is 0 Å². The molecule has 0 N–H and O–H groups in total. The normalized spacial score (nSPS) is 14.1. The third-order valence-corrected chi connectivity index (χ3v) is 15.4. The highest BCUT2D eigenvalue weighted by Crippen LogP contribution is 2.55. The summed E-state index contributed by atoms with van der Waals surface area (Å²) in [5.74, 6) is 0. The molecule has 0 atom stereocenters. The number of hydrogen-bond donors (Lipinski definition) is 0. The van der Waals surface area contributed by atoms with Crippen LogP contribution in [0.1, 0.15) is 74.9 Å². The Morgan fingerprint density at radius 2 is 0.896 bits per heavy atom. The molecular formula is C63H54BN3. The Labute approximate surface area is 396 Å². The average Bonchev–Trinajstić information content (AvgIpc) is 3.37. The zero-order valence-corrected chi connectivity index (χ0v) is 39.2. The molecule has 0 unspecified atom stereocenters. The third kappa shape index (κ3) is 6.26. The molecular weight excluding hydrogens is 810 g/mol. The van der Waals surface area contributed by atoms with Crippen molar-refractivity contribution in [1.82, 2.24) is 0 Å². The van der Waals surface area contributed by atoms with Crippen molar-refractivity contribution in [1.29, 1.82) is 0 Å². The highest BCUT2D eigenvalue weighted by molar-refractivity contribution is 7.00. The van der Waals surface area contributed by atoms with Gasteiger partial charge in [0.2, 0.25) is 0 Å². The summed E-state index contributed by atoms with van der Waals surface area (Å²) in [4.78, 5) is 7.65. The SMILES string of the molecule is CC(C)(c1ccccc1)c1cccc(N2c3cc(C(C)(C)c4ccccc4)ccc3B3c4cccc5c4N(c4ccccc4C5(C)C)c4cc(N(c5ccccc5)c5ccccc5)cc2c43)c1. The van der Waals surface area contributed by atoms with E-state index >= 15 is 0 Å². The van der Waals surface area contributed by atoms with E-state index in [4.69, 9.17) is 0 Å². The van der Waals surface area contributed by atoms with Gasteiger partial charge >= 0.3 is 0 Å². The van der Waals surface area contributed by atoms with Crippen molar-refractivity contribution >= 4 is 74.3 Å². The Morgan fingerprint density at radius 3 is 1.52 bits per heavy atom.